The zero-order valence-corrected chi connectivity index (χ0v) is 18.9. The van der Waals surface area contributed by atoms with Crippen molar-refractivity contribution in [2.24, 2.45) is 4.99 Å². The largest absolute Gasteiger partial charge is 0.484 e. The smallest absolute Gasteiger partial charge is 0.264 e. The molecule has 2 heterocycles. The Morgan fingerprint density at radius 1 is 1.16 bits per heavy atom. The highest BCUT2D eigenvalue weighted by Gasteiger charge is 2.24. The third-order valence-electron chi connectivity index (χ3n) is 4.99. The third-order valence-corrected chi connectivity index (χ3v) is 5.90. The maximum Gasteiger partial charge on any atom is 0.264 e. The number of hydrogen-bond donors (Lipinski definition) is 1. The molecule has 2 aromatic carbocycles. The second-order valence-electron chi connectivity index (χ2n) is 7.68. The SMILES string of the molecule is Cc1cc(C)cc(N=C2NC(=O)/C(=C/c3ccc(OCC(=O)N4CCOCC4)cc3)S2)c1. The first-order chi connectivity index (χ1) is 15.5. The zero-order valence-electron chi connectivity index (χ0n) is 18.1. The summed E-state index contributed by atoms with van der Waals surface area (Å²) in [5.41, 5.74) is 3.94. The number of ether oxygens (including phenoxy) is 2. The molecule has 0 bridgehead atoms. The molecule has 1 N–H and O–H groups in total. The molecule has 0 aromatic heterocycles. The van der Waals surface area contributed by atoms with Gasteiger partial charge in [-0.2, -0.15) is 0 Å². The third kappa shape index (κ3) is 5.77. The summed E-state index contributed by atoms with van der Waals surface area (Å²) in [4.78, 5) is 31.4. The number of nitrogens with zero attached hydrogens (tertiary/aromatic N) is 2. The van der Waals surface area contributed by atoms with E-state index in [0.717, 1.165) is 22.4 Å². The number of morpholine rings is 1. The van der Waals surface area contributed by atoms with Crippen molar-refractivity contribution in [1.29, 1.82) is 0 Å². The molecular formula is C24H25N3O4S. The van der Waals surface area contributed by atoms with Crippen LogP contribution in [0.25, 0.3) is 6.08 Å². The number of benzene rings is 2. The Morgan fingerprint density at radius 3 is 2.53 bits per heavy atom. The number of nitrogens with one attached hydrogen (secondary N) is 1. The van der Waals surface area contributed by atoms with Crippen LogP contribution in [0.2, 0.25) is 0 Å². The second-order valence-corrected chi connectivity index (χ2v) is 8.71. The normalized spacial score (nSPS) is 18.8. The summed E-state index contributed by atoms with van der Waals surface area (Å²) in [5, 5.41) is 3.38. The van der Waals surface area contributed by atoms with Crippen LogP contribution in [0.15, 0.2) is 52.4 Å². The molecule has 2 aromatic rings. The molecule has 4 rings (SSSR count). The van der Waals surface area contributed by atoms with Crippen molar-refractivity contribution in [1.82, 2.24) is 10.2 Å². The van der Waals surface area contributed by atoms with Gasteiger partial charge in [-0.25, -0.2) is 4.99 Å². The lowest BCUT2D eigenvalue weighted by atomic mass is 10.1. The van der Waals surface area contributed by atoms with E-state index in [4.69, 9.17) is 9.47 Å². The van der Waals surface area contributed by atoms with Crippen LogP contribution in [0.5, 0.6) is 5.75 Å². The number of hydrogen-bond acceptors (Lipinski definition) is 6. The Balaban J connectivity index is 1.36. The van der Waals surface area contributed by atoms with E-state index in [1.165, 1.54) is 11.8 Å². The Labute approximate surface area is 191 Å². The number of amides is 2. The van der Waals surface area contributed by atoms with Crippen LogP contribution in [0.3, 0.4) is 0 Å². The van der Waals surface area contributed by atoms with Crippen LogP contribution in [0, 0.1) is 13.8 Å². The van der Waals surface area contributed by atoms with Crippen molar-refractivity contribution in [3.63, 3.8) is 0 Å². The van der Waals surface area contributed by atoms with Gasteiger partial charge in [-0.1, -0.05) is 18.2 Å². The Kier molecular flexibility index (Phi) is 6.92. The number of aliphatic imine (C=N–C) groups is 1. The molecule has 2 aliphatic rings. The molecule has 0 unspecified atom stereocenters. The van der Waals surface area contributed by atoms with E-state index in [0.29, 0.717) is 42.1 Å². The minimum Gasteiger partial charge on any atom is -0.484 e. The topological polar surface area (TPSA) is 80.2 Å². The van der Waals surface area contributed by atoms with Gasteiger partial charge >= 0.3 is 0 Å². The summed E-state index contributed by atoms with van der Waals surface area (Å²) < 4.78 is 10.9. The van der Waals surface area contributed by atoms with E-state index < -0.39 is 0 Å². The molecule has 7 nitrogen and oxygen atoms in total. The molecule has 2 saturated heterocycles. The first kappa shape index (κ1) is 22.1. The van der Waals surface area contributed by atoms with Crippen LogP contribution < -0.4 is 10.1 Å². The van der Waals surface area contributed by atoms with Gasteiger partial charge in [-0.05, 0) is 72.6 Å². The fraction of sp³-hybridized carbons (Fsp3) is 0.292. The average Bonchev–Trinajstić information content (AvgIpc) is 3.11. The fourth-order valence-electron chi connectivity index (χ4n) is 3.47. The quantitative estimate of drug-likeness (QED) is 0.705. The predicted octanol–water partition coefficient (Wildman–Crippen LogP) is 3.43. The maximum atomic E-state index is 12.4. The standard InChI is InChI=1S/C24H25N3O4S/c1-16-11-17(2)13-19(12-16)25-24-26-23(29)21(32-24)14-18-3-5-20(6-4-18)31-15-22(28)27-7-9-30-10-8-27/h3-6,11-14H,7-10,15H2,1-2H3,(H,25,26,29)/b21-14-. The summed E-state index contributed by atoms with van der Waals surface area (Å²) >= 11 is 1.31. The van der Waals surface area contributed by atoms with Crippen LogP contribution >= 0.6 is 11.8 Å². The van der Waals surface area contributed by atoms with Crippen molar-refractivity contribution in [2.45, 2.75) is 13.8 Å². The first-order valence-electron chi connectivity index (χ1n) is 10.4. The Bertz CT molecular complexity index is 1050. The molecule has 2 amide bonds. The van der Waals surface area contributed by atoms with Gasteiger partial charge in [0.2, 0.25) is 0 Å². The van der Waals surface area contributed by atoms with E-state index >= 15 is 0 Å². The van der Waals surface area contributed by atoms with E-state index in [1.807, 2.05) is 44.2 Å². The summed E-state index contributed by atoms with van der Waals surface area (Å²) in [6, 6.07) is 13.3. The van der Waals surface area contributed by atoms with Crippen molar-refractivity contribution in [2.75, 3.05) is 32.9 Å². The van der Waals surface area contributed by atoms with Crippen molar-refractivity contribution in [3.8, 4) is 5.75 Å². The summed E-state index contributed by atoms with van der Waals surface area (Å²) in [6.45, 7) is 6.38. The highest BCUT2D eigenvalue weighted by Crippen LogP contribution is 2.29. The highest BCUT2D eigenvalue weighted by molar-refractivity contribution is 8.18. The van der Waals surface area contributed by atoms with Gasteiger partial charge < -0.3 is 19.7 Å². The Hall–Kier alpha value is -3.10. The molecule has 0 radical (unpaired) electrons. The summed E-state index contributed by atoms with van der Waals surface area (Å²) in [6.07, 6.45) is 1.81. The molecule has 0 spiro atoms. The number of aryl methyl sites for hydroxylation is 2. The highest BCUT2D eigenvalue weighted by atomic mass is 32.2. The van der Waals surface area contributed by atoms with Crippen molar-refractivity contribution in [3.05, 3.63) is 64.1 Å². The van der Waals surface area contributed by atoms with E-state index in [-0.39, 0.29) is 18.4 Å². The fourth-order valence-corrected chi connectivity index (χ4v) is 4.32. The van der Waals surface area contributed by atoms with Crippen LogP contribution in [0.1, 0.15) is 16.7 Å². The Morgan fingerprint density at radius 2 is 1.84 bits per heavy atom. The average molecular weight is 452 g/mol. The van der Waals surface area contributed by atoms with Crippen LogP contribution in [-0.4, -0.2) is 54.8 Å². The molecule has 0 aliphatic carbocycles. The molecule has 32 heavy (non-hydrogen) atoms. The molecular weight excluding hydrogens is 426 g/mol. The van der Waals surface area contributed by atoms with Crippen LogP contribution in [-0.2, 0) is 14.3 Å². The molecule has 8 heteroatoms. The monoisotopic (exact) mass is 451 g/mol. The number of rotatable bonds is 5. The lowest BCUT2D eigenvalue weighted by Gasteiger charge is -2.26. The second kappa shape index (κ2) is 10.0. The molecule has 2 aliphatic heterocycles. The van der Waals surface area contributed by atoms with Crippen LogP contribution in [0.4, 0.5) is 5.69 Å². The van der Waals surface area contributed by atoms with Crippen molar-refractivity contribution >= 4 is 40.5 Å². The first-order valence-corrected chi connectivity index (χ1v) is 11.2. The minimum absolute atomic E-state index is 0.00302. The van der Waals surface area contributed by atoms with Gasteiger partial charge in [0.15, 0.2) is 11.8 Å². The molecule has 2 fully saturated rings. The number of carbonyl (C=O) groups is 2. The predicted molar refractivity (Wildman–Crippen MR) is 126 cm³/mol. The lowest BCUT2D eigenvalue weighted by Crippen LogP contribution is -2.42. The lowest BCUT2D eigenvalue weighted by molar-refractivity contribution is -0.137. The summed E-state index contributed by atoms with van der Waals surface area (Å²) in [5.74, 6) is 0.387. The number of carbonyl (C=O) groups excluding carboxylic acids is 2. The molecule has 0 saturated carbocycles. The van der Waals surface area contributed by atoms with E-state index in [1.54, 1.807) is 17.0 Å². The van der Waals surface area contributed by atoms with E-state index in [9.17, 15) is 9.59 Å². The molecule has 166 valence electrons. The van der Waals surface area contributed by atoms with E-state index in [2.05, 4.69) is 16.4 Å². The summed E-state index contributed by atoms with van der Waals surface area (Å²) in [7, 11) is 0. The molecule has 0 atom stereocenters. The maximum absolute atomic E-state index is 12.4. The van der Waals surface area contributed by atoms with Crippen molar-refractivity contribution < 1.29 is 19.1 Å². The van der Waals surface area contributed by atoms with Gasteiger partial charge in [0.05, 0.1) is 23.8 Å². The van der Waals surface area contributed by atoms with Gasteiger partial charge in [0, 0.05) is 13.1 Å². The number of thioether (sulfide) groups is 1. The van der Waals surface area contributed by atoms with Gasteiger partial charge in [-0.15, -0.1) is 0 Å². The minimum atomic E-state index is -0.172. The zero-order chi connectivity index (χ0) is 22.5. The van der Waals surface area contributed by atoms with Gasteiger partial charge in [0.1, 0.15) is 5.75 Å². The van der Waals surface area contributed by atoms with Gasteiger partial charge in [0.25, 0.3) is 11.8 Å². The van der Waals surface area contributed by atoms with Gasteiger partial charge in [-0.3, -0.25) is 9.59 Å². The number of amidine groups is 1.